The molecule has 0 aliphatic rings. The van der Waals surface area contributed by atoms with Crippen molar-refractivity contribution in [1.82, 2.24) is 0 Å². The molecule has 0 spiro atoms. The van der Waals surface area contributed by atoms with Gasteiger partial charge in [-0.25, -0.2) is 9.45 Å². The highest BCUT2D eigenvalue weighted by atomic mass is 31.2. The normalized spacial score (nSPS) is 13.1. The van der Waals surface area contributed by atoms with E-state index in [0.717, 1.165) is 38.5 Å². The summed E-state index contributed by atoms with van der Waals surface area (Å²) in [5, 5.41) is 0. The van der Waals surface area contributed by atoms with E-state index >= 15 is 0 Å². The minimum absolute atomic E-state index is 0.213. The number of rotatable bonds is 22. The zero-order valence-corrected chi connectivity index (χ0v) is 19.5. The Morgan fingerprint density at radius 1 is 0.607 bits per heavy atom. The molecule has 0 saturated heterocycles. The molecule has 0 aliphatic carbocycles. The molecule has 0 aliphatic heterocycles. The SMILES string of the molecule is CCCCCCCCCCCCCCCCCC(CCCC)OOP(=O)(O)O. The average molecular weight is 423 g/mol. The zero-order valence-electron chi connectivity index (χ0n) is 18.6. The van der Waals surface area contributed by atoms with Crippen LogP contribution in [0.4, 0.5) is 0 Å². The van der Waals surface area contributed by atoms with Crippen molar-refractivity contribution < 1.29 is 23.9 Å². The first-order valence-electron chi connectivity index (χ1n) is 11.9. The third kappa shape index (κ3) is 22.4. The quantitative estimate of drug-likeness (QED) is 0.0804. The van der Waals surface area contributed by atoms with Crippen LogP contribution in [-0.4, -0.2) is 15.9 Å². The summed E-state index contributed by atoms with van der Waals surface area (Å²) < 4.78 is 15.0. The van der Waals surface area contributed by atoms with Crippen molar-refractivity contribution in [2.45, 2.75) is 142 Å². The van der Waals surface area contributed by atoms with Gasteiger partial charge in [-0.15, -0.1) is 4.67 Å². The van der Waals surface area contributed by atoms with Crippen molar-refractivity contribution in [3.05, 3.63) is 0 Å². The fraction of sp³-hybridized carbons (Fsp3) is 1.00. The highest BCUT2D eigenvalue weighted by Crippen LogP contribution is 2.37. The second-order valence-corrected chi connectivity index (χ2v) is 9.29. The van der Waals surface area contributed by atoms with E-state index in [-0.39, 0.29) is 6.10 Å². The molecule has 0 fully saturated rings. The van der Waals surface area contributed by atoms with Crippen LogP contribution in [0.15, 0.2) is 0 Å². The molecule has 0 bridgehead atoms. The first kappa shape index (κ1) is 28.1. The van der Waals surface area contributed by atoms with Crippen molar-refractivity contribution in [2.24, 2.45) is 0 Å². The summed E-state index contributed by atoms with van der Waals surface area (Å²) >= 11 is 0. The molecule has 5 nitrogen and oxygen atoms in total. The van der Waals surface area contributed by atoms with Gasteiger partial charge in [-0.1, -0.05) is 123 Å². The molecule has 0 aromatic carbocycles. The van der Waals surface area contributed by atoms with E-state index in [4.69, 9.17) is 14.7 Å². The van der Waals surface area contributed by atoms with Crippen molar-refractivity contribution in [3.8, 4) is 0 Å². The molecular formula is C22H47O5P. The summed E-state index contributed by atoms with van der Waals surface area (Å²) in [4.78, 5) is 22.5. The van der Waals surface area contributed by atoms with E-state index in [1.54, 1.807) is 0 Å². The lowest BCUT2D eigenvalue weighted by Crippen LogP contribution is -2.12. The fourth-order valence-electron chi connectivity index (χ4n) is 3.53. The van der Waals surface area contributed by atoms with Gasteiger partial charge in [0.25, 0.3) is 0 Å². The van der Waals surface area contributed by atoms with E-state index in [1.807, 2.05) is 0 Å². The lowest BCUT2D eigenvalue weighted by molar-refractivity contribution is -0.261. The van der Waals surface area contributed by atoms with Gasteiger partial charge in [-0.3, -0.25) is 0 Å². The average Bonchev–Trinajstić information content (AvgIpc) is 2.65. The first-order valence-corrected chi connectivity index (χ1v) is 13.4. The summed E-state index contributed by atoms with van der Waals surface area (Å²) in [6.07, 6.45) is 23.3. The van der Waals surface area contributed by atoms with E-state index in [0.29, 0.717) is 0 Å². The topological polar surface area (TPSA) is 76.0 Å². The molecule has 1 atom stereocenters. The predicted molar refractivity (Wildman–Crippen MR) is 117 cm³/mol. The van der Waals surface area contributed by atoms with E-state index in [9.17, 15) is 4.57 Å². The molecule has 0 aromatic rings. The summed E-state index contributed by atoms with van der Waals surface area (Å²) in [6.45, 7) is 4.36. The minimum Gasteiger partial charge on any atom is -0.301 e. The van der Waals surface area contributed by atoms with Crippen molar-refractivity contribution in [1.29, 1.82) is 0 Å². The van der Waals surface area contributed by atoms with Crippen LogP contribution in [0.25, 0.3) is 0 Å². The van der Waals surface area contributed by atoms with E-state index < -0.39 is 7.82 Å². The van der Waals surface area contributed by atoms with Gasteiger partial charge in [-0.2, -0.15) is 0 Å². The second-order valence-electron chi connectivity index (χ2n) is 8.16. The fourth-order valence-corrected chi connectivity index (χ4v) is 3.77. The maximum absolute atomic E-state index is 10.8. The monoisotopic (exact) mass is 422 g/mol. The third-order valence-electron chi connectivity index (χ3n) is 5.29. The third-order valence-corrected chi connectivity index (χ3v) is 5.57. The van der Waals surface area contributed by atoms with Crippen LogP contribution in [-0.2, 0) is 14.1 Å². The molecule has 0 rings (SSSR count). The van der Waals surface area contributed by atoms with Crippen LogP contribution in [0.3, 0.4) is 0 Å². The molecule has 0 heterocycles. The molecule has 0 saturated carbocycles. The molecule has 0 aromatic heterocycles. The summed E-state index contributed by atoms with van der Waals surface area (Å²) in [6, 6.07) is 0. The van der Waals surface area contributed by atoms with Crippen LogP contribution in [0.5, 0.6) is 0 Å². The number of phosphoric acid groups is 1. The molecule has 0 amide bonds. The lowest BCUT2D eigenvalue weighted by Gasteiger charge is -2.16. The molecule has 2 N–H and O–H groups in total. The number of unbranched alkanes of at least 4 members (excludes halogenated alkanes) is 15. The predicted octanol–water partition coefficient (Wildman–Crippen LogP) is 7.85. The van der Waals surface area contributed by atoms with Gasteiger partial charge in [0.15, 0.2) is 0 Å². The minimum atomic E-state index is -4.55. The van der Waals surface area contributed by atoms with Gasteiger partial charge in [0, 0.05) is 0 Å². The van der Waals surface area contributed by atoms with Crippen LogP contribution < -0.4 is 0 Å². The van der Waals surface area contributed by atoms with Crippen LogP contribution in [0, 0.1) is 0 Å². The van der Waals surface area contributed by atoms with E-state index in [1.165, 1.54) is 83.5 Å². The highest BCUT2D eigenvalue weighted by Gasteiger charge is 2.19. The Morgan fingerprint density at radius 2 is 0.964 bits per heavy atom. The zero-order chi connectivity index (χ0) is 20.9. The Bertz CT molecular complexity index is 359. The van der Waals surface area contributed by atoms with Crippen LogP contribution in [0.1, 0.15) is 136 Å². The molecule has 28 heavy (non-hydrogen) atoms. The van der Waals surface area contributed by atoms with Gasteiger partial charge in [0.05, 0.1) is 6.10 Å². The van der Waals surface area contributed by atoms with Gasteiger partial charge in [0.2, 0.25) is 0 Å². The molecular weight excluding hydrogens is 375 g/mol. The Hall–Kier alpha value is 0.0700. The highest BCUT2D eigenvalue weighted by molar-refractivity contribution is 7.46. The number of hydrogen-bond acceptors (Lipinski definition) is 3. The van der Waals surface area contributed by atoms with Crippen molar-refractivity contribution in [3.63, 3.8) is 0 Å². The Labute approximate surface area is 174 Å². The maximum Gasteiger partial charge on any atom is 0.496 e. The Balaban J connectivity index is 3.44. The molecule has 0 radical (unpaired) electrons. The van der Waals surface area contributed by atoms with Gasteiger partial charge >= 0.3 is 7.82 Å². The molecule has 6 heteroatoms. The largest absolute Gasteiger partial charge is 0.496 e. The maximum atomic E-state index is 10.8. The van der Waals surface area contributed by atoms with Crippen molar-refractivity contribution >= 4 is 7.82 Å². The van der Waals surface area contributed by atoms with Crippen LogP contribution in [0.2, 0.25) is 0 Å². The molecule has 1 unspecified atom stereocenters. The Morgan fingerprint density at radius 3 is 1.36 bits per heavy atom. The Kier molecular flexibility index (Phi) is 20.4. The van der Waals surface area contributed by atoms with Crippen molar-refractivity contribution in [2.75, 3.05) is 0 Å². The van der Waals surface area contributed by atoms with Gasteiger partial charge in [0.1, 0.15) is 0 Å². The first-order chi connectivity index (χ1) is 13.5. The number of hydrogen-bond donors (Lipinski definition) is 2. The summed E-state index contributed by atoms with van der Waals surface area (Å²) in [5.74, 6) is 0. The summed E-state index contributed by atoms with van der Waals surface area (Å²) in [7, 11) is -4.55. The second kappa shape index (κ2) is 20.3. The lowest BCUT2D eigenvalue weighted by atomic mass is 10.0. The smallest absolute Gasteiger partial charge is 0.301 e. The summed E-state index contributed by atoms with van der Waals surface area (Å²) in [5.41, 5.74) is 0. The van der Waals surface area contributed by atoms with Gasteiger partial charge in [-0.05, 0) is 12.8 Å². The van der Waals surface area contributed by atoms with Crippen LogP contribution >= 0.6 is 7.82 Å². The van der Waals surface area contributed by atoms with Gasteiger partial charge < -0.3 is 9.79 Å². The van der Waals surface area contributed by atoms with E-state index in [2.05, 4.69) is 18.5 Å². The molecule has 170 valence electrons. The standard InChI is InChI=1S/C22H47O5P/c1-3-5-7-8-9-10-11-12-13-14-15-16-17-18-19-21-22(20-6-4-2)26-27-28(23,24)25/h22H,3-21H2,1-2H3,(H2,23,24,25).